The van der Waals surface area contributed by atoms with Crippen LogP contribution in [0.25, 0.3) is 0 Å². The number of aromatic nitrogens is 1. The standard InChI is InChI=1S/C20H31N5O2/c1-23(2)19(26)17-7-12-25(13-8-17)20(27)22-15-16-6-9-21-18(14-16)24-10-4-3-5-11-24/h6,9,14,17H,3-5,7-8,10-13,15H2,1-2H3,(H,22,27). The van der Waals surface area contributed by atoms with E-state index in [1.54, 1.807) is 19.0 Å². The van der Waals surface area contributed by atoms with Crippen LogP contribution in [0.2, 0.25) is 0 Å². The van der Waals surface area contributed by atoms with E-state index in [0.717, 1.165) is 37.3 Å². The number of hydrogen-bond donors (Lipinski definition) is 1. The van der Waals surface area contributed by atoms with Crippen LogP contribution in [0.15, 0.2) is 18.3 Å². The summed E-state index contributed by atoms with van der Waals surface area (Å²) in [5.74, 6) is 1.21. The molecule has 27 heavy (non-hydrogen) atoms. The molecule has 7 nitrogen and oxygen atoms in total. The van der Waals surface area contributed by atoms with Gasteiger partial charge < -0.3 is 20.0 Å². The Labute approximate surface area is 161 Å². The van der Waals surface area contributed by atoms with Crippen molar-refractivity contribution in [2.24, 2.45) is 5.92 Å². The zero-order chi connectivity index (χ0) is 19.2. The van der Waals surface area contributed by atoms with Crippen LogP contribution in [0.3, 0.4) is 0 Å². The molecule has 0 atom stereocenters. The minimum absolute atomic E-state index is 0.0383. The highest BCUT2D eigenvalue weighted by Crippen LogP contribution is 2.20. The molecule has 0 spiro atoms. The summed E-state index contributed by atoms with van der Waals surface area (Å²) in [7, 11) is 3.57. The van der Waals surface area contributed by atoms with E-state index in [2.05, 4.69) is 21.3 Å². The first-order chi connectivity index (χ1) is 13.0. The molecular weight excluding hydrogens is 342 g/mol. The van der Waals surface area contributed by atoms with E-state index in [-0.39, 0.29) is 17.9 Å². The highest BCUT2D eigenvalue weighted by atomic mass is 16.2. The second-order valence-corrected chi connectivity index (χ2v) is 7.72. The Morgan fingerprint density at radius 2 is 1.85 bits per heavy atom. The predicted molar refractivity (Wildman–Crippen MR) is 106 cm³/mol. The minimum atomic E-state index is -0.0536. The van der Waals surface area contributed by atoms with Gasteiger partial charge in [0.25, 0.3) is 0 Å². The Morgan fingerprint density at radius 1 is 1.15 bits per heavy atom. The van der Waals surface area contributed by atoms with E-state index in [9.17, 15) is 9.59 Å². The van der Waals surface area contributed by atoms with Crippen molar-refractivity contribution in [3.05, 3.63) is 23.9 Å². The van der Waals surface area contributed by atoms with Gasteiger partial charge in [0.1, 0.15) is 5.82 Å². The zero-order valence-electron chi connectivity index (χ0n) is 16.5. The number of urea groups is 1. The molecule has 0 aromatic carbocycles. The summed E-state index contributed by atoms with van der Waals surface area (Å²) in [5, 5.41) is 3.01. The van der Waals surface area contributed by atoms with Crippen LogP contribution in [0.5, 0.6) is 0 Å². The van der Waals surface area contributed by atoms with E-state index < -0.39 is 0 Å². The van der Waals surface area contributed by atoms with Gasteiger partial charge in [0.2, 0.25) is 5.91 Å². The molecule has 2 fully saturated rings. The summed E-state index contributed by atoms with van der Waals surface area (Å²) >= 11 is 0. The van der Waals surface area contributed by atoms with E-state index in [4.69, 9.17) is 0 Å². The number of anilines is 1. The molecule has 2 saturated heterocycles. The smallest absolute Gasteiger partial charge is 0.317 e. The molecule has 1 aromatic heterocycles. The van der Waals surface area contributed by atoms with Crippen LogP contribution in [0.4, 0.5) is 10.6 Å². The SMILES string of the molecule is CN(C)C(=O)C1CCN(C(=O)NCc2ccnc(N3CCCCC3)c2)CC1. The number of piperidine rings is 2. The van der Waals surface area contributed by atoms with Gasteiger partial charge in [0.05, 0.1) is 0 Å². The molecule has 3 rings (SSSR count). The van der Waals surface area contributed by atoms with Crippen molar-refractivity contribution in [2.45, 2.75) is 38.6 Å². The minimum Gasteiger partial charge on any atom is -0.357 e. The lowest BCUT2D eigenvalue weighted by atomic mass is 9.96. The van der Waals surface area contributed by atoms with E-state index >= 15 is 0 Å². The van der Waals surface area contributed by atoms with Gasteiger partial charge in [0, 0.05) is 58.9 Å². The average molecular weight is 374 g/mol. The number of amides is 3. The van der Waals surface area contributed by atoms with Crippen molar-refractivity contribution < 1.29 is 9.59 Å². The molecule has 7 heteroatoms. The number of rotatable bonds is 4. The third-order valence-corrected chi connectivity index (χ3v) is 5.51. The number of carbonyl (C=O) groups is 2. The molecule has 0 bridgehead atoms. The fourth-order valence-electron chi connectivity index (χ4n) is 3.85. The molecular formula is C20H31N5O2. The number of likely N-dealkylation sites (tertiary alicyclic amines) is 1. The van der Waals surface area contributed by atoms with Crippen LogP contribution in [-0.4, -0.2) is 67.0 Å². The Balaban J connectivity index is 1.47. The fourth-order valence-corrected chi connectivity index (χ4v) is 3.85. The van der Waals surface area contributed by atoms with Gasteiger partial charge in [-0.2, -0.15) is 0 Å². The molecule has 3 heterocycles. The normalized spacial score (nSPS) is 18.3. The summed E-state index contributed by atoms with van der Waals surface area (Å²) in [6.45, 7) is 3.88. The Hall–Kier alpha value is -2.31. The third kappa shape index (κ3) is 5.11. The summed E-state index contributed by atoms with van der Waals surface area (Å²) < 4.78 is 0. The average Bonchev–Trinajstić information content (AvgIpc) is 2.72. The zero-order valence-corrected chi connectivity index (χ0v) is 16.5. The summed E-state index contributed by atoms with van der Waals surface area (Å²) in [6.07, 6.45) is 7.02. The van der Waals surface area contributed by atoms with Gasteiger partial charge >= 0.3 is 6.03 Å². The van der Waals surface area contributed by atoms with Crippen molar-refractivity contribution in [3.63, 3.8) is 0 Å². The van der Waals surface area contributed by atoms with E-state index in [1.807, 2.05) is 17.2 Å². The van der Waals surface area contributed by atoms with Gasteiger partial charge in [-0.05, 0) is 49.8 Å². The number of pyridine rings is 1. The van der Waals surface area contributed by atoms with Gasteiger partial charge in [-0.1, -0.05) is 0 Å². The number of nitrogens with zero attached hydrogens (tertiary/aromatic N) is 4. The predicted octanol–water partition coefficient (Wildman–Crippen LogP) is 2.08. The van der Waals surface area contributed by atoms with Crippen molar-refractivity contribution in [1.82, 2.24) is 20.1 Å². The first kappa shape index (κ1) is 19.5. The van der Waals surface area contributed by atoms with Gasteiger partial charge in [-0.15, -0.1) is 0 Å². The van der Waals surface area contributed by atoms with Gasteiger partial charge in [-0.25, -0.2) is 9.78 Å². The lowest BCUT2D eigenvalue weighted by Crippen LogP contribution is -2.46. The quantitative estimate of drug-likeness (QED) is 0.877. The van der Waals surface area contributed by atoms with Gasteiger partial charge in [-0.3, -0.25) is 4.79 Å². The fraction of sp³-hybridized carbons (Fsp3) is 0.650. The molecule has 0 saturated carbocycles. The van der Waals surface area contributed by atoms with Crippen molar-refractivity contribution >= 4 is 17.8 Å². The first-order valence-corrected chi connectivity index (χ1v) is 9.98. The summed E-state index contributed by atoms with van der Waals surface area (Å²) in [5.41, 5.74) is 1.07. The maximum Gasteiger partial charge on any atom is 0.317 e. The molecule has 0 unspecified atom stereocenters. The molecule has 0 aliphatic carbocycles. The molecule has 3 amide bonds. The van der Waals surface area contributed by atoms with Crippen LogP contribution < -0.4 is 10.2 Å². The van der Waals surface area contributed by atoms with Gasteiger partial charge in [0.15, 0.2) is 0 Å². The lowest BCUT2D eigenvalue weighted by Gasteiger charge is -2.32. The maximum atomic E-state index is 12.5. The first-order valence-electron chi connectivity index (χ1n) is 9.98. The molecule has 1 aromatic rings. The number of nitrogens with one attached hydrogen (secondary N) is 1. The van der Waals surface area contributed by atoms with Crippen LogP contribution in [0.1, 0.15) is 37.7 Å². The number of hydrogen-bond acceptors (Lipinski definition) is 4. The van der Waals surface area contributed by atoms with E-state index in [1.165, 1.54) is 19.3 Å². The van der Waals surface area contributed by atoms with Crippen molar-refractivity contribution in [3.8, 4) is 0 Å². The topological polar surface area (TPSA) is 68.8 Å². The second-order valence-electron chi connectivity index (χ2n) is 7.72. The second kappa shape index (κ2) is 9.06. The van der Waals surface area contributed by atoms with Crippen LogP contribution in [-0.2, 0) is 11.3 Å². The third-order valence-electron chi connectivity index (χ3n) is 5.51. The maximum absolute atomic E-state index is 12.5. The van der Waals surface area contributed by atoms with Crippen LogP contribution in [0, 0.1) is 5.92 Å². The lowest BCUT2D eigenvalue weighted by molar-refractivity contribution is -0.134. The van der Waals surface area contributed by atoms with Crippen LogP contribution >= 0.6 is 0 Å². The molecule has 2 aliphatic heterocycles. The molecule has 1 N–H and O–H groups in total. The molecule has 0 radical (unpaired) electrons. The largest absolute Gasteiger partial charge is 0.357 e. The summed E-state index contributed by atoms with van der Waals surface area (Å²) in [4.78, 5) is 34.8. The Bertz CT molecular complexity index is 650. The molecule has 148 valence electrons. The van der Waals surface area contributed by atoms with Crippen molar-refractivity contribution in [2.75, 3.05) is 45.2 Å². The Morgan fingerprint density at radius 3 is 2.52 bits per heavy atom. The molecule has 2 aliphatic rings. The monoisotopic (exact) mass is 373 g/mol. The number of carbonyl (C=O) groups excluding carboxylic acids is 2. The highest BCUT2D eigenvalue weighted by Gasteiger charge is 2.28. The summed E-state index contributed by atoms with van der Waals surface area (Å²) in [6, 6.07) is 3.98. The van der Waals surface area contributed by atoms with E-state index in [0.29, 0.717) is 19.6 Å². The highest BCUT2D eigenvalue weighted by molar-refractivity contribution is 5.79. The Kier molecular flexibility index (Phi) is 6.53. The van der Waals surface area contributed by atoms with Crippen molar-refractivity contribution in [1.29, 1.82) is 0 Å².